The van der Waals surface area contributed by atoms with E-state index >= 15 is 0 Å². The van der Waals surface area contributed by atoms with Crippen molar-refractivity contribution in [2.75, 3.05) is 18.0 Å². The van der Waals surface area contributed by atoms with Crippen LogP contribution < -0.4 is 10.2 Å². The average Bonchev–Trinajstić information content (AvgIpc) is 3.29. The predicted molar refractivity (Wildman–Crippen MR) is 113 cm³/mol. The van der Waals surface area contributed by atoms with Gasteiger partial charge in [-0.2, -0.15) is 0 Å². The number of amides is 1. The van der Waals surface area contributed by atoms with E-state index in [0.717, 1.165) is 36.5 Å². The van der Waals surface area contributed by atoms with Gasteiger partial charge in [0, 0.05) is 29.8 Å². The van der Waals surface area contributed by atoms with Gasteiger partial charge in [0.15, 0.2) is 0 Å². The highest BCUT2D eigenvalue weighted by molar-refractivity contribution is 7.11. The summed E-state index contributed by atoms with van der Waals surface area (Å²) in [7, 11) is 0. The second-order valence-corrected chi connectivity index (χ2v) is 8.70. The first-order chi connectivity index (χ1) is 13.9. The topological polar surface area (TPSA) is 71.0 Å². The number of carbonyl (C=O) groups excluding carboxylic acids is 1. The molecule has 1 fully saturated rings. The monoisotopic (exact) mass is 413 g/mol. The van der Waals surface area contributed by atoms with Gasteiger partial charge in [0.2, 0.25) is 11.9 Å². The SMILES string of the molecule is Cc1nc(CCNC(=O)C2CCCN2c2nc(C)c3cc(F)ccc3n2)sc1C. The number of thiazole rings is 1. The van der Waals surface area contributed by atoms with E-state index < -0.39 is 0 Å². The zero-order chi connectivity index (χ0) is 20.5. The van der Waals surface area contributed by atoms with Gasteiger partial charge in [-0.05, 0) is 51.8 Å². The number of benzene rings is 1. The van der Waals surface area contributed by atoms with Crippen molar-refractivity contribution >= 4 is 34.1 Å². The summed E-state index contributed by atoms with van der Waals surface area (Å²) < 4.78 is 13.5. The van der Waals surface area contributed by atoms with Crippen molar-refractivity contribution in [3.05, 3.63) is 45.3 Å². The summed E-state index contributed by atoms with van der Waals surface area (Å²) in [6.07, 6.45) is 2.41. The molecule has 1 atom stereocenters. The van der Waals surface area contributed by atoms with Crippen molar-refractivity contribution in [2.24, 2.45) is 0 Å². The molecule has 4 rings (SSSR count). The molecule has 6 nitrogen and oxygen atoms in total. The number of nitrogens with one attached hydrogen (secondary N) is 1. The van der Waals surface area contributed by atoms with Crippen LogP contribution in [0.15, 0.2) is 18.2 Å². The van der Waals surface area contributed by atoms with E-state index in [1.54, 1.807) is 17.4 Å². The number of carbonyl (C=O) groups is 1. The van der Waals surface area contributed by atoms with Gasteiger partial charge in [-0.3, -0.25) is 4.79 Å². The molecule has 1 saturated heterocycles. The minimum Gasteiger partial charge on any atom is -0.354 e. The third-order valence-corrected chi connectivity index (χ3v) is 6.49. The molecule has 3 aromatic rings. The van der Waals surface area contributed by atoms with E-state index in [1.807, 2.05) is 18.7 Å². The summed E-state index contributed by atoms with van der Waals surface area (Å²) in [5.41, 5.74) is 2.46. The Hall–Kier alpha value is -2.61. The Labute approximate surface area is 173 Å². The van der Waals surface area contributed by atoms with Crippen LogP contribution in [0.3, 0.4) is 0 Å². The normalized spacial score (nSPS) is 16.6. The number of hydrogen-bond donors (Lipinski definition) is 1. The Morgan fingerprint density at radius 3 is 2.83 bits per heavy atom. The molecule has 152 valence electrons. The van der Waals surface area contributed by atoms with Crippen LogP contribution >= 0.6 is 11.3 Å². The molecule has 0 bridgehead atoms. The van der Waals surface area contributed by atoms with E-state index in [0.29, 0.717) is 29.1 Å². The van der Waals surface area contributed by atoms with Crippen molar-refractivity contribution in [1.82, 2.24) is 20.3 Å². The quantitative estimate of drug-likeness (QED) is 0.693. The number of aryl methyl sites for hydroxylation is 3. The van der Waals surface area contributed by atoms with E-state index in [-0.39, 0.29) is 17.8 Å². The van der Waals surface area contributed by atoms with E-state index in [2.05, 4.69) is 27.2 Å². The van der Waals surface area contributed by atoms with E-state index in [1.165, 1.54) is 17.0 Å². The third-order valence-electron chi connectivity index (χ3n) is 5.36. The molecule has 2 aromatic heterocycles. The predicted octanol–water partition coefficient (Wildman–Crippen LogP) is 3.48. The van der Waals surface area contributed by atoms with Gasteiger partial charge in [-0.15, -0.1) is 11.3 Å². The van der Waals surface area contributed by atoms with E-state index in [4.69, 9.17) is 0 Å². The van der Waals surface area contributed by atoms with Gasteiger partial charge in [0.25, 0.3) is 0 Å². The van der Waals surface area contributed by atoms with Gasteiger partial charge < -0.3 is 10.2 Å². The van der Waals surface area contributed by atoms with Crippen LogP contribution in [0.25, 0.3) is 10.9 Å². The zero-order valence-electron chi connectivity index (χ0n) is 16.8. The zero-order valence-corrected chi connectivity index (χ0v) is 17.6. The first kappa shape index (κ1) is 19.7. The number of fused-ring (bicyclic) bond motifs is 1. The Morgan fingerprint density at radius 2 is 2.07 bits per heavy atom. The van der Waals surface area contributed by atoms with Crippen molar-refractivity contribution in [1.29, 1.82) is 0 Å². The second kappa shape index (κ2) is 8.02. The number of anilines is 1. The van der Waals surface area contributed by atoms with Crippen LogP contribution in [-0.2, 0) is 11.2 Å². The molecule has 0 aliphatic carbocycles. The maximum Gasteiger partial charge on any atom is 0.242 e. The Kier molecular flexibility index (Phi) is 5.45. The van der Waals surface area contributed by atoms with Gasteiger partial charge in [-0.25, -0.2) is 19.3 Å². The van der Waals surface area contributed by atoms with Crippen molar-refractivity contribution < 1.29 is 9.18 Å². The highest BCUT2D eigenvalue weighted by Gasteiger charge is 2.32. The van der Waals surface area contributed by atoms with Gasteiger partial charge >= 0.3 is 0 Å². The molecule has 3 heterocycles. The molecule has 1 aliphatic rings. The lowest BCUT2D eigenvalue weighted by Gasteiger charge is -2.24. The highest BCUT2D eigenvalue weighted by Crippen LogP contribution is 2.26. The summed E-state index contributed by atoms with van der Waals surface area (Å²) in [6.45, 7) is 7.20. The molecule has 1 aliphatic heterocycles. The van der Waals surface area contributed by atoms with Gasteiger partial charge in [0.05, 0.1) is 21.9 Å². The lowest BCUT2D eigenvalue weighted by molar-refractivity contribution is -0.122. The molecule has 0 saturated carbocycles. The molecule has 1 amide bonds. The van der Waals surface area contributed by atoms with Crippen molar-refractivity contribution in [2.45, 2.75) is 46.1 Å². The van der Waals surface area contributed by atoms with Crippen LogP contribution in [0.1, 0.15) is 34.1 Å². The van der Waals surface area contributed by atoms with Crippen molar-refractivity contribution in [3.8, 4) is 0 Å². The first-order valence-corrected chi connectivity index (χ1v) is 10.6. The fourth-order valence-corrected chi connectivity index (χ4v) is 4.64. The van der Waals surface area contributed by atoms with Gasteiger partial charge in [0.1, 0.15) is 11.9 Å². The first-order valence-electron chi connectivity index (χ1n) is 9.83. The molecular formula is C21H24FN5OS. The van der Waals surface area contributed by atoms with Crippen LogP contribution in [0.2, 0.25) is 0 Å². The van der Waals surface area contributed by atoms with Crippen LogP contribution in [0.5, 0.6) is 0 Å². The van der Waals surface area contributed by atoms with Crippen LogP contribution in [0.4, 0.5) is 10.3 Å². The summed E-state index contributed by atoms with van der Waals surface area (Å²) in [5.74, 6) is 0.222. The Balaban J connectivity index is 1.46. The molecule has 0 radical (unpaired) electrons. The van der Waals surface area contributed by atoms with E-state index in [9.17, 15) is 9.18 Å². The van der Waals surface area contributed by atoms with Gasteiger partial charge in [-0.1, -0.05) is 0 Å². The summed E-state index contributed by atoms with van der Waals surface area (Å²) in [5, 5.41) is 4.78. The number of halogens is 1. The molecule has 8 heteroatoms. The molecule has 1 aromatic carbocycles. The highest BCUT2D eigenvalue weighted by atomic mass is 32.1. The number of hydrogen-bond acceptors (Lipinski definition) is 6. The Morgan fingerprint density at radius 1 is 1.24 bits per heavy atom. The molecule has 0 spiro atoms. The minimum absolute atomic E-state index is 0.00652. The lowest BCUT2D eigenvalue weighted by atomic mass is 10.2. The maximum atomic E-state index is 13.5. The number of aromatic nitrogens is 3. The standard InChI is InChI=1S/C21H24FN5OS/c1-12-14(3)29-19(24-12)8-9-23-20(28)18-5-4-10-27(18)21-25-13(2)16-11-15(22)6-7-17(16)26-21/h6-7,11,18H,4-5,8-10H2,1-3H3,(H,23,28). The fraction of sp³-hybridized carbons (Fsp3) is 0.429. The minimum atomic E-state index is -0.305. The van der Waals surface area contributed by atoms with Crippen LogP contribution in [-0.4, -0.2) is 40.0 Å². The molecule has 1 N–H and O–H groups in total. The summed E-state index contributed by atoms with van der Waals surface area (Å²) >= 11 is 1.68. The summed E-state index contributed by atoms with van der Waals surface area (Å²) in [4.78, 5) is 29.7. The third kappa shape index (κ3) is 4.07. The summed E-state index contributed by atoms with van der Waals surface area (Å²) in [6, 6.07) is 4.22. The lowest BCUT2D eigenvalue weighted by Crippen LogP contribution is -2.44. The molecule has 1 unspecified atom stereocenters. The molecular weight excluding hydrogens is 389 g/mol. The van der Waals surface area contributed by atoms with Crippen LogP contribution in [0, 0.1) is 26.6 Å². The maximum absolute atomic E-state index is 13.5. The largest absolute Gasteiger partial charge is 0.354 e. The smallest absolute Gasteiger partial charge is 0.242 e. The molecule has 29 heavy (non-hydrogen) atoms. The fourth-order valence-electron chi connectivity index (χ4n) is 3.70. The number of rotatable bonds is 5. The van der Waals surface area contributed by atoms with Crippen molar-refractivity contribution in [3.63, 3.8) is 0 Å². The Bertz CT molecular complexity index is 1050. The number of nitrogens with zero attached hydrogens (tertiary/aromatic N) is 4. The average molecular weight is 414 g/mol. The second-order valence-electron chi connectivity index (χ2n) is 7.41.